The summed E-state index contributed by atoms with van der Waals surface area (Å²) in [5.41, 5.74) is 0. The second-order valence-corrected chi connectivity index (χ2v) is 8.62. The predicted molar refractivity (Wildman–Crippen MR) is 65.4 cm³/mol. The van der Waals surface area contributed by atoms with Gasteiger partial charge in [0.25, 0.3) is 0 Å². The number of carbonyl (C=O) groups excluding carboxylic acids is 1. The summed E-state index contributed by atoms with van der Waals surface area (Å²) < 4.78 is 7.19. The molecular formula is C10H22N2O2S. The second kappa shape index (κ2) is 5.18. The van der Waals surface area contributed by atoms with Crippen LogP contribution < -0.4 is 0 Å². The second-order valence-electron chi connectivity index (χ2n) is 4.55. The molecule has 90 valence electrons. The van der Waals surface area contributed by atoms with Crippen LogP contribution in [-0.4, -0.2) is 73.8 Å². The van der Waals surface area contributed by atoms with Gasteiger partial charge in [-0.3, -0.25) is 14.0 Å². The molecule has 0 bridgehead atoms. The topological polar surface area (TPSA) is 32.8 Å². The zero-order chi connectivity index (χ0) is 11.5. The standard InChI is InChI=1S/C10H22N2O2S/c1-14-10(13)9-11-5-7-12(8-6-11)15(2,3)4/h5-9H2,1-4H3. The Morgan fingerprint density at radius 2 is 1.73 bits per heavy atom. The van der Waals surface area contributed by atoms with Crippen LogP contribution in [0, 0.1) is 0 Å². The lowest BCUT2D eigenvalue weighted by Crippen LogP contribution is -2.48. The molecule has 0 atom stereocenters. The van der Waals surface area contributed by atoms with Crippen molar-refractivity contribution < 1.29 is 9.53 Å². The van der Waals surface area contributed by atoms with Gasteiger partial charge in [0.05, 0.1) is 13.7 Å². The summed E-state index contributed by atoms with van der Waals surface area (Å²) in [5.74, 6) is -0.133. The van der Waals surface area contributed by atoms with E-state index in [9.17, 15) is 4.79 Å². The van der Waals surface area contributed by atoms with Gasteiger partial charge >= 0.3 is 5.97 Å². The molecule has 0 unspecified atom stereocenters. The molecular weight excluding hydrogens is 212 g/mol. The van der Waals surface area contributed by atoms with Crippen LogP contribution in [0.15, 0.2) is 0 Å². The van der Waals surface area contributed by atoms with Gasteiger partial charge in [-0.1, -0.05) is 0 Å². The van der Waals surface area contributed by atoms with E-state index >= 15 is 0 Å². The Hall–Kier alpha value is -0.260. The molecule has 0 radical (unpaired) electrons. The minimum atomic E-state index is -0.593. The van der Waals surface area contributed by atoms with E-state index in [0.717, 1.165) is 26.2 Å². The Morgan fingerprint density at radius 3 is 2.13 bits per heavy atom. The molecule has 1 aliphatic heterocycles. The third kappa shape index (κ3) is 4.01. The zero-order valence-electron chi connectivity index (χ0n) is 10.2. The molecule has 0 aromatic heterocycles. The highest BCUT2D eigenvalue weighted by molar-refractivity contribution is 8.30. The third-order valence-corrected chi connectivity index (χ3v) is 4.60. The maximum atomic E-state index is 11.1. The fourth-order valence-corrected chi connectivity index (χ4v) is 2.94. The first-order valence-electron chi connectivity index (χ1n) is 5.16. The van der Waals surface area contributed by atoms with E-state index in [4.69, 9.17) is 0 Å². The van der Waals surface area contributed by atoms with Crippen LogP contribution in [0.25, 0.3) is 0 Å². The summed E-state index contributed by atoms with van der Waals surface area (Å²) in [5, 5.41) is 0. The molecule has 0 aromatic carbocycles. The number of esters is 1. The monoisotopic (exact) mass is 234 g/mol. The molecule has 0 aromatic rings. The molecule has 0 N–H and O–H groups in total. The van der Waals surface area contributed by atoms with Crippen molar-refractivity contribution in [3.05, 3.63) is 0 Å². The molecule has 1 heterocycles. The average molecular weight is 234 g/mol. The maximum Gasteiger partial charge on any atom is 0.319 e. The quantitative estimate of drug-likeness (QED) is 0.661. The molecule has 4 nitrogen and oxygen atoms in total. The van der Waals surface area contributed by atoms with Crippen molar-refractivity contribution in [2.75, 3.05) is 58.6 Å². The Morgan fingerprint density at radius 1 is 1.20 bits per heavy atom. The van der Waals surface area contributed by atoms with Gasteiger partial charge in [-0.2, -0.15) is 10.2 Å². The van der Waals surface area contributed by atoms with Gasteiger partial charge in [0, 0.05) is 26.2 Å². The number of ether oxygens (including phenoxy) is 1. The van der Waals surface area contributed by atoms with Crippen molar-refractivity contribution in [1.82, 2.24) is 9.21 Å². The van der Waals surface area contributed by atoms with E-state index in [1.54, 1.807) is 0 Å². The first-order valence-corrected chi connectivity index (χ1v) is 7.97. The highest BCUT2D eigenvalue weighted by Crippen LogP contribution is 2.39. The Labute approximate surface area is 94.0 Å². The van der Waals surface area contributed by atoms with Crippen LogP contribution in [-0.2, 0) is 9.53 Å². The predicted octanol–water partition coefficient (Wildman–Crippen LogP) is 0.386. The smallest absolute Gasteiger partial charge is 0.319 e. The Bertz CT molecular complexity index is 220. The molecule has 5 heteroatoms. The Kier molecular flexibility index (Phi) is 4.43. The van der Waals surface area contributed by atoms with Gasteiger partial charge in [0.15, 0.2) is 0 Å². The van der Waals surface area contributed by atoms with Crippen LogP contribution >= 0.6 is 10.2 Å². The van der Waals surface area contributed by atoms with Gasteiger partial charge in [-0.25, -0.2) is 0 Å². The van der Waals surface area contributed by atoms with Crippen LogP contribution in [0.5, 0.6) is 0 Å². The van der Waals surface area contributed by atoms with E-state index in [0.29, 0.717) is 6.54 Å². The first kappa shape index (κ1) is 12.8. The highest BCUT2D eigenvalue weighted by atomic mass is 32.3. The average Bonchev–Trinajstić information content (AvgIpc) is 2.17. The number of rotatable bonds is 3. The number of hydrogen-bond donors (Lipinski definition) is 0. The van der Waals surface area contributed by atoms with Gasteiger partial charge in [0.1, 0.15) is 0 Å². The van der Waals surface area contributed by atoms with Crippen LogP contribution in [0.3, 0.4) is 0 Å². The number of methoxy groups -OCH3 is 1. The molecule has 1 fully saturated rings. The summed E-state index contributed by atoms with van der Waals surface area (Å²) in [7, 11) is 0.850. The minimum Gasteiger partial charge on any atom is -0.468 e. The number of piperazine rings is 1. The van der Waals surface area contributed by atoms with Crippen LogP contribution in [0.1, 0.15) is 0 Å². The summed E-state index contributed by atoms with van der Waals surface area (Å²) in [6, 6.07) is 0. The lowest BCUT2D eigenvalue weighted by atomic mass is 10.3. The number of carbonyl (C=O) groups is 1. The van der Waals surface area contributed by atoms with Crippen molar-refractivity contribution in [2.45, 2.75) is 0 Å². The molecule has 0 amide bonds. The van der Waals surface area contributed by atoms with Crippen molar-refractivity contribution in [3.8, 4) is 0 Å². The highest BCUT2D eigenvalue weighted by Gasteiger charge is 2.23. The summed E-state index contributed by atoms with van der Waals surface area (Å²) in [6.07, 6.45) is 6.93. The van der Waals surface area contributed by atoms with Gasteiger partial charge in [-0.05, 0) is 18.8 Å². The fraction of sp³-hybridized carbons (Fsp3) is 0.900. The summed E-state index contributed by atoms with van der Waals surface area (Å²) in [6.45, 7) is 4.51. The summed E-state index contributed by atoms with van der Waals surface area (Å²) in [4.78, 5) is 13.2. The molecule has 1 rings (SSSR count). The van der Waals surface area contributed by atoms with E-state index in [1.165, 1.54) is 7.11 Å². The van der Waals surface area contributed by atoms with Crippen LogP contribution in [0.2, 0.25) is 0 Å². The number of nitrogens with zero attached hydrogens (tertiary/aromatic N) is 2. The number of hydrogen-bond acceptors (Lipinski definition) is 4. The largest absolute Gasteiger partial charge is 0.468 e. The van der Waals surface area contributed by atoms with Gasteiger partial charge in [-0.15, -0.1) is 0 Å². The molecule has 1 saturated heterocycles. The molecule has 0 aliphatic carbocycles. The van der Waals surface area contributed by atoms with E-state index in [-0.39, 0.29) is 5.97 Å². The van der Waals surface area contributed by atoms with Crippen LogP contribution in [0.4, 0.5) is 0 Å². The first-order chi connectivity index (χ1) is 6.93. The van der Waals surface area contributed by atoms with E-state index in [2.05, 4.69) is 32.7 Å². The van der Waals surface area contributed by atoms with Crippen molar-refractivity contribution in [2.24, 2.45) is 0 Å². The van der Waals surface area contributed by atoms with Gasteiger partial charge in [0.2, 0.25) is 0 Å². The van der Waals surface area contributed by atoms with E-state index in [1.807, 2.05) is 0 Å². The molecule has 0 saturated carbocycles. The van der Waals surface area contributed by atoms with Gasteiger partial charge < -0.3 is 4.74 Å². The summed E-state index contributed by atoms with van der Waals surface area (Å²) >= 11 is 0. The minimum absolute atomic E-state index is 0.133. The van der Waals surface area contributed by atoms with Crippen molar-refractivity contribution in [1.29, 1.82) is 0 Å². The van der Waals surface area contributed by atoms with E-state index < -0.39 is 10.2 Å². The zero-order valence-corrected chi connectivity index (χ0v) is 11.0. The molecule has 0 spiro atoms. The third-order valence-electron chi connectivity index (χ3n) is 2.69. The molecule has 15 heavy (non-hydrogen) atoms. The Balaban J connectivity index is 2.33. The molecule has 1 aliphatic rings. The lowest BCUT2D eigenvalue weighted by Gasteiger charge is -2.45. The maximum absolute atomic E-state index is 11.1. The van der Waals surface area contributed by atoms with Crippen molar-refractivity contribution in [3.63, 3.8) is 0 Å². The van der Waals surface area contributed by atoms with Crippen molar-refractivity contribution >= 4 is 16.2 Å². The normalized spacial score (nSPS) is 21.3. The SMILES string of the molecule is COC(=O)CN1CCN(S(C)(C)C)CC1. The fourth-order valence-electron chi connectivity index (χ4n) is 1.68. The lowest BCUT2D eigenvalue weighted by molar-refractivity contribution is -0.142.